The van der Waals surface area contributed by atoms with Gasteiger partial charge in [-0.1, -0.05) is 53.0 Å². The average Bonchev–Trinajstić information content (AvgIpc) is 3.57. The summed E-state index contributed by atoms with van der Waals surface area (Å²) in [5, 5.41) is 10.7. The minimum absolute atomic E-state index is 0.988. The standard InChI is InChI=1S/C12H9N.C6H4N2S.C6H4S2/c1-3-7-11-9(5-1)10-6-2-4-8-12(10)13-11;1-2-4-6-5(3-1)7-8-9-6;1-3-7-6-2-4-8-5(1)6/h1-8,13H;1-4H;1-4H. The molecule has 0 unspecified atom stereocenters. The lowest BCUT2D eigenvalue weighted by Gasteiger charge is -1.87. The summed E-state index contributed by atoms with van der Waals surface area (Å²) < 4.78 is 7.77. The first-order chi connectivity index (χ1) is 14.9. The Morgan fingerprint density at radius 1 is 0.567 bits per heavy atom. The molecule has 3 aromatic carbocycles. The van der Waals surface area contributed by atoms with Gasteiger partial charge >= 0.3 is 0 Å². The largest absolute Gasteiger partial charge is 0.355 e. The molecule has 4 aromatic heterocycles. The van der Waals surface area contributed by atoms with Gasteiger partial charge in [-0.3, -0.25) is 0 Å². The number of rotatable bonds is 0. The summed E-state index contributed by atoms with van der Waals surface area (Å²) >= 11 is 5.03. The SMILES string of the molecule is c1cc2sccc2s1.c1ccc2c(c1)[nH]c1ccccc12.c1ccc2snnc2c1. The van der Waals surface area contributed by atoms with Crippen molar-refractivity contribution < 1.29 is 0 Å². The van der Waals surface area contributed by atoms with Gasteiger partial charge in [-0.2, -0.15) is 0 Å². The fourth-order valence-electron chi connectivity index (χ4n) is 3.22. The van der Waals surface area contributed by atoms with Crippen LogP contribution in [-0.2, 0) is 0 Å². The third kappa shape index (κ3) is 3.98. The molecule has 30 heavy (non-hydrogen) atoms. The van der Waals surface area contributed by atoms with Gasteiger partial charge in [-0.25, -0.2) is 0 Å². The quantitative estimate of drug-likeness (QED) is 0.258. The summed E-state index contributed by atoms with van der Waals surface area (Å²) in [5.74, 6) is 0. The van der Waals surface area contributed by atoms with Crippen LogP contribution < -0.4 is 0 Å². The summed E-state index contributed by atoms with van der Waals surface area (Å²) in [4.78, 5) is 3.38. The Morgan fingerprint density at radius 3 is 1.77 bits per heavy atom. The molecule has 0 saturated heterocycles. The van der Waals surface area contributed by atoms with Gasteiger partial charge in [0, 0.05) is 31.2 Å². The Hall–Kier alpha value is -3.06. The van der Waals surface area contributed by atoms with E-state index in [1.165, 1.54) is 42.7 Å². The van der Waals surface area contributed by atoms with E-state index in [0.717, 1.165) is 10.2 Å². The first kappa shape index (κ1) is 18.9. The Morgan fingerprint density at radius 2 is 1.13 bits per heavy atom. The lowest BCUT2D eigenvalue weighted by molar-refractivity contribution is 1.20. The third-order valence-electron chi connectivity index (χ3n) is 4.64. The van der Waals surface area contributed by atoms with E-state index in [2.05, 4.69) is 86.0 Å². The first-order valence-electron chi connectivity index (χ1n) is 9.42. The predicted molar refractivity (Wildman–Crippen MR) is 133 cm³/mol. The Kier molecular flexibility index (Phi) is 5.52. The second kappa shape index (κ2) is 8.75. The molecule has 146 valence electrons. The van der Waals surface area contributed by atoms with Crippen molar-refractivity contribution in [3.63, 3.8) is 0 Å². The van der Waals surface area contributed by atoms with Crippen molar-refractivity contribution in [2.45, 2.75) is 0 Å². The second-order valence-corrected chi connectivity index (χ2v) is 9.21. The predicted octanol–water partition coefficient (Wildman–Crippen LogP) is 7.98. The van der Waals surface area contributed by atoms with Crippen molar-refractivity contribution in [1.82, 2.24) is 14.6 Å². The Balaban J connectivity index is 0.000000100. The molecule has 1 N–H and O–H groups in total. The summed E-state index contributed by atoms with van der Waals surface area (Å²) in [5.41, 5.74) is 3.41. The van der Waals surface area contributed by atoms with Gasteiger partial charge in [0.15, 0.2) is 0 Å². The van der Waals surface area contributed by atoms with Crippen molar-refractivity contribution in [2.75, 3.05) is 0 Å². The van der Waals surface area contributed by atoms with Gasteiger partial charge < -0.3 is 4.98 Å². The molecular formula is C24H17N3S3. The van der Waals surface area contributed by atoms with Gasteiger partial charge in [-0.05, 0) is 58.7 Å². The van der Waals surface area contributed by atoms with E-state index in [1.54, 1.807) is 22.7 Å². The van der Waals surface area contributed by atoms with Gasteiger partial charge in [0.1, 0.15) is 5.52 Å². The maximum absolute atomic E-state index is 3.89. The fourth-order valence-corrected chi connectivity index (χ4v) is 5.60. The van der Waals surface area contributed by atoms with Gasteiger partial charge in [-0.15, -0.1) is 27.8 Å². The van der Waals surface area contributed by atoms with Crippen molar-refractivity contribution >= 4 is 75.6 Å². The smallest absolute Gasteiger partial charge is 0.105 e. The molecule has 4 heterocycles. The van der Waals surface area contributed by atoms with E-state index in [9.17, 15) is 0 Å². The maximum atomic E-state index is 3.89. The van der Waals surface area contributed by atoms with Crippen LogP contribution in [0.1, 0.15) is 0 Å². The van der Waals surface area contributed by atoms with Crippen molar-refractivity contribution in [3.05, 3.63) is 95.7 Å². The van der Waals surface area contributed by atoms with E-state index in [-0.39, 0.29) is 0 Å². The topological polar surface area (TPSA) is 41.6 Å². The highest BCUT2D eigenvalue weighted by molar-refractivity contribution is 7.25. The number of nitrogens with one attached hydrogen (secondary N) is 1. The normalized spacial score (nSPS) is 10.7. The number of nitrogens with zero attached hydrogens (tertiary/aromatic N) is 2. The number of benzene rings is 3. The molecule has 3 nitrogen and oxygen atoms in total. The number of fused-ring (bicyclic) bond motifs is 5. The third-order valence-corrected chi connectivity index (χ3v) is 7.24. The lowest BCUT2D eigenvalue weighted by Crippen LogP contribution is -1.63. The molecule has 0 spiro atoms. The molecule has 0 aliphatic rings. The van der Waals surface area contributed by atoms with Crippen LogP contribution in [0.2, 0.25) is 0 Å². The molecule has 7 aromatic rings. The zero-order valence-corrected chi connectivity index (χ0v) is 18.3. The molecule has 6 heteroatoms. The summed E-state index contributed by atoms with van der Waals surface area (Å²) in [6.07, 6.45) is 0. The highest BCUT2D eigenvalue weighted by Gasteiger charge is 2.00. The molecule has 0 aliphatic carbocycles. The minimum atomic E-state index is 0.988. The summed E-state index contributed by atoms with van der Waals surface area (Å²) in [7, 11) is 0. The Bertz CT molecular complexity index is 1390. The maximum Gasteiger partial charge on any atom is 0.105 e. The van der Waals surface area contributed by atoms with Crippen molar-refractivity contribution in [3.8, 4) is 0 Å². The zero-order valence-electron chi connectivity index (χ0n) is 15.9. The van der Waals surface area contributed by atoms with Gasteiger partial charge in [0.05, 0.1) is 4.70 Å². The van der Waals surface area contributed by atoms with Crippen LogP contribution >= 0.6 is 34.2 Å². The molecule has 0 bridgehead atoms. The monoisotopic (exact) mass is 443 g/mol. The highest BCUT2D eigenvalue weighted by Crippen LogP contribution is 2.25. The fraction of sp³-hybridized carbons (Fsp3) is 0. The zero-order chi connectivity index (χ0) is 20.2. The minimum Gasteiger partial charge on any atom is -0.355 e. The molecule has 0 saturated carbocycles. The number of thiophene rings is 2. The molecule has 0 aliphatic heterocycles. The number of aromatic nitrogens is 3. The molecular weight excluding hydrogens is 426 g/mol. The highest BCUT2D eigenvalue weighted by atomic mass is 32.1. The number of para-hydroxylation sites is 2. The van der Waals surface area contributed by atoms with Crippen LogP contribution in [-0.4, -0.2) is 14.6 Å². The second-order valence-electron chi connectivity index (χ2n) is 6.53. The number of hydrogen-bond donors (Lipinski definition) is 1. The van der Waals surface area contributed by atoms with Crippen molar-refractivity contribution in [2.24, 2.45) is 0 Å². The number of H-pyrrole nitrogens is 1. The first-order valence-corrected chi connectivity index (χ1v) is 11.9. The van der Waals surface area contributed by atoms with Crippen LogP contribution in [0, 0.1) is 0 Å². The van der Waals surface area contributed by atoms with Crippen molar-refractivity contribution in [1.29, 1.82) is 0 Å². The Labute approximate surface area is 185 Å². The van der Waals surface area contributed by atoms with Crippen LogP contribution in [0.15, 0.2) is 95.7 Å². The lowest BCUT2D eigenvalue weighted by atomic mass is 10.2. The molecule has 0 atom stereocenters. The van der Waals surface area contributed by atoms with E-state index in [4.69, 9.17) is 0 Å². The summed E-state index contributed by atoms with van der Waals surface area (Å²) in [6.45, 7) is 0. The molecule has 0 fully saturated rings. The van der Waals surface area contributed by atoms with E-state index >= 15 is 0 Å². The summed E-state index contributed by atoms with van der Waals surface area (Å²) in [6, 6.07) is 29.0. The van der Waals surface area contributed by atoms with Crippen LogP contribution in [0.3, 0.4) is 0 Å². The van der Waals surface area contributed by atoms with Gasteiger partial charge in [0.25, 0.3) is 0 Å². The van der Waals surface area contributed by atoms with Crippen LogP contribution in [0.5, 0.6) is 0 Å². The average molecular weight is 444 g/mol. The molecule has 0 radical (unpaired) electrons. The molecule has 7 rings (SSSR count). The number of hydrogen-bond acceptors (Lipinski definition) is 5. The van der Waals surface area contributed by atoms with E-state index in [1.807, 2.05) is 24.3 Å². The van der Waals surface area contributed by atoms with E-state index in [0.29, 0.717) is 0 Å². The number of aromatic amines is 1. The van der Waals surface area contributed by atoms with Gasteiger partial charge in [0.2, 0.25) is 0 Å². The molecule has 0 amide bonds. The van der Waals surface area contributed by atoms with E-state index < -0.39 is 0 Å². The van der Waals surface area contributed by atoms with Crippen LogP contribution in [0.25, 0.3) is 41.4 Å². The van der Waals surface area contributed by atoms with Crippen LogP contribution in [0.4, 0.5) is 0 Å².